The highest BCUT2D eigenvalue weighted by Crippen LogP contribution is 2.38. The second kappa shape index (κ2) is 10.5. The largest absolute Gasteiger partial charge is 0.487 e. The van der Waals surface area contributed by atoms with Gasteiger partial charge in [-0.05, 0) is 66.8 Å². The summed E-state index contributed by atoms with van der Waals surface area (Å²) < 4.78 is 20.0. The Morgan fingerprint density at radius 3 is 2.57 bits per heavy atom. The van der Waals surface area contributed by atoms with Gasteiger partial charge in [-0.15, -0.1) is 0 Å². The Morgan fingerprint density at radius 2 is 1.86 bits per heavy atom. The third-order valence-electron chi connectivity index (χ3n) is 6.14. The molecule has 1 heterocycles. The molecule has 3 aromatic rings. The van der Waals surface area contributed by atoms with E-state index in [9.17, 15) is 19.1 Å². The summed E-state index contributed by atoms with van der Waals surface area (Å²) in [5, 5.41) is 9.42. The van der Waals surface area contributed by atoms with Gasteiger partial charge in [0.25, 0.3) is 5.91 Å². The molecule has 1 N–H and O–H groups in total. The first kappa shape index (κ1) is 24.7. The van der Waals surface area contributed by atoms with Crippen molar-refractivity contribution in [2.75, 3.05) is 13.1 Å². The number of aryl methyl sites for hydroxylation is 1. The van der Waals surface area contributed by atoms with E-state index >= 15 is 0 Å². The summed E-state index contributed by atoms with van der Waals surface area (Å²) in [4.78, 5) is 26.0. The Hall–Kier alpha value is -3.38. The lowest BCUT2D eigenvalue weighted by atomic mass is 9.91. The van der Waals surface area contributed by atoms with E-state index in [1.165, 1.54) is 17.0 Å². The van der Waals surface area contributed by atoms with Crippen molar-refractivity contribution in [3.8, 4) is 5.75 Å². The number of rotatable bonds is 9. The quantitative estimate of drug-likeness (QED) is 0.421. The number of ether oxygens (including phenoxy) is 1. The molecule has 0 aliphatic carbocycles. The van der Waals surface area contributed by atoms with Gasteiger partial charge in [-0.1, -0.05) is 48.0 Å². The molecule has 4 rings (SSSR count). The fourth-order valence-electron chi connectivity index (χ4n) is 4.55. The molecule has 1 amide bonds. The Kier molecular flexibility index (Phi) is 7.41. The minimum Gasteiger partial charge on any atom is -0.487 e. The van der Waals surface area contributed by atoms with Gasteiger partial charge >= 0.3 is 5.97 Å². The van der Waals surface area contributed by atoms with Gasteiger partial charge in [-0.25, -0.2) is 4.39 Å². The molecule has 0 radical (unpaired) electrons. The van der Waals surface area contributed by atoms with Crippen LogP contribution in [-0.4, -0.2) is 40.6 Å². The number of fused-ring (bicyclic) bond motifs is 1. The summed E-state index contributed by atoms with van der Waals surface area (Å²) in [6, 6.07) is 19.8. The molecule has 1 atom stereocenters. The van der Waals surface area contributed by atoms with Crippen LogP contribution in [0.25, 0.3) is 0 Å². The van der Waals surface area contributed by atoms with Gasteiger partial charge in [-0.3, -0.25) is 9.59 Å². The molecule has 0 saturated heterocycles. The lowest BCUT2D eigenvalue weighted by Gasteiger charge is -2.24. The van der Waals surface area contributed by atoms with Crippen LogP contribution < -0.4 is 4.74 Å². The molecule has 1 unspecified atom stereocenters. The first-order valence-corrected chi connectivity index (χ1v) is 11.9. The van der Waals surface area contributed by atoms with Crippen LogP contribution in [0.4, 0.5) is 4.39 Å². The lowest BCUT2D eigenvalue weighted by molar-refractivity contribution is -0.137. The molecule has 5 nitrogen and oxygen atoms in total. The maximum atomic E-state index is 13.9. The molecule has 3 aromatic carbocycles. The summed E-state index contributed by atoms with van der Waals surface area (Å²) in [5.41, 5.74) is 2.61. The maximum Gasteiger partial charge on any atom is 0.323 e. The molecule has 0 aromatic heterocycles. The monoisotopic (exact) mass is 495 g/mol. The number of carboxylic acid groups (broad SMARTS) is 1. The zero-order valence-corrected chi connectivity index (χ0v) is 20.2. The summed E-state index contributed by atoms with van der Waals surface area (Å²) in [5.74, 6) is -1.17. The summed E-state index contributed by atoms with van der Waals surface area (Å²) in [6.07, 6.45) is 2.43. The van der Waals surface area contributed by atoms with Crippen LogP contribution in [0.3, 0.4) is 0 Å². The second-order valence-electron chi connectivity index (χ2n) is 9.19. The van der Waals surface area contributed by atoms with Gasteiger partial charge in [-0.2, -0.15) is 0 Å². The number of halogens is 2. The Morgan fingerprint density at radius 1 is 1.09 bits per heavy atom. The number of benzene rings is 3. The summed E-state index contributed by atoms with van der Waals surface area (Å²) in [6.45, 7) is 1.93. The Labute approximate surface area is 209 Å². The van der Waals surface area contributed by atoms with Crippen LogP contribution in [0.2, 0.25) is 5.02 Å². The normalized spacial score (nSPS) is 16.4. The fourth-order valence-corrected chi connectivity index (χ4v) is 4.67. The number of nitrogens with zero attached hydrogens (tertiary/aromatic N) is 1. The van der Waals surface area contributed by atoms with E-state index in [0.29, 0.717) is 37.1 Å². The first-order chi connectivity index (χ1) is 16.7. The molecule has 35 heavy (non-hydrogen) atoms. The van der Waals surface area contributed by atoms with E-state index < -0.39 is 17.4 Å². The van der Waals surface area contributed by atoms with E-state index in [0.717, 1.165) is 23.1 Å². The van der Waals surface area contributed by atoms with Gasteiger partial charge in [0.15, 0.2) is 0 Å². The number of hydrogen-bond donors (Lipinski definition) is 1. The highest BCUT2D eigenvalue weighted by molar-refractivity contribution is 6.30. The highest BCUT2D eigenvalue weighted by atomic mass is 35.5. The van der Waals surface area contributed by atoms with Gasteiger partial charge in [0.2, 0.25) is 0 Å². The fraction of sp³-hybridized carbons (Fsp3) is 0.286. The van der Waals surface area contributed by atoms with Crippen LogP contribution in [0.5, 0.6) is 5.75 Å². The second-order valence-corrected chi connectivity index (χ2v) is 9.59. The number of carboxylic acids is 1. The van der Waals surface area contributed by atoms with Crippen LogP contribution in [0.15, 0.2) is 66.7 Å². The van der Waals surface area contributed by atoms with Crippen molar-refractivity contribution < 1.29 is 23.8 Å². The topological polar surface area (TPSA) is 66.8 Å². The van der Waals surface area contributed by atoms with E-state index in [1.807, 2.05) is 37.3 Å². The van der Waals surface area contributed by atoms with Gasteiger partial charge in [0, 0.05) is 24.9 Å². The summed E-state index contributed by atoms with van der Waals surface area (Å²) >= 11 is 5.79. The van der Waals surface area contributed by atoms with Crippen molar-refractivity contribution in [2.45, 2.75) is 38.2 Å². The van der Waals surface area contributed by atoms with Crippen LogP contribution in [-0.2, 0) is 24.1 Å². The van der Waals surface area contributed by atoms with Gasteiger partial charge in [0.05, 0.1) is 5.02 Å². The molecular weight excluding hydrogens is 469 g/mol. The number of aliphatic carboxylic acids is 1. The summed E-state index contributed by atoms with van der Waals surface area (Å²) in [7, 11) is 0. The lowest BCUT2D eigenvalue weighted by Crippen LogP contribution is -2.36. The molecule has 182 valence electrons. The van der Waals surface area contributed by atoms with Crippen molar-refractivity contribution in [2.24, 2.45) is 0 Å². The molecule has 0 bridgehead atoms. The number of carbonyl (C=O) groups excluding carboxylic acids is 1. The van der Waals surface area contributed by atoms with Gasteiger partial charge < -0.3 is 14.7 Å². The number of hydrogen-bond acceptors (Lipinski definition) is 3. The number of carbonyl (C=O) groups is 2. The smallest absolute Gasteiger partial charge is 0.323 e. The predicted molar refractivity (Wildman–Crippen MR) is 133 cm³/mol. The van der Waals surface area contributed by atoms with Crippen molar-refractivity contribution in [1.82, 2.24) is 4.90 Å². The molecular formula is C28H27ClFNO4. The molecule has 0 saturated carbocycles. The van der Waals surface area contributed by atoms with E-state index in [-0.39, 0.29) is 17.5 Å². The Balaban J connectivity index is 1.45. The predicted octanol–water partition coefficient (Wildman–Crippen LogP) is 5.58. The Bertz CT molecular complexity index is 1230. The molecule has 1 aliphatic heterocycles. The molecule has 1 aliphatic rings. The average molecular weight is 496 g/mol. The van der Waals surface area contributed by atoms with E-state index in [1.54, 1.807) is 24.3 Å². The average Bonchev–Trinajstić information content (AvgIpc) is 3.15. The van der Waals surface area contributed by atoms with E-state index in [4.69, 9.17) is 16.3 Å². The van der Waals surface area contributed by atoms with E-state index in [2.05, 4.69) is 0 Å². The van der Waals surface area contributed by atoms with Crippen LogP contribution in [0, 0.1) is 5.82 Å². The molecule has 7 heteroatoms. The van der Waals surface area contributed by atoms with Crippen molar-refractivity contribution in [1.29, 1.82) is 0 Å². The maximum absolute atomic E-state index is 13.9. The minimum atomic E-state index is -1.05. The van der Waals surface area contributed by atoms with Crippen molar-refractivity contribution in [3.63, 3.8) is 0 Å². The van der Waals surface area contributed by atoms with Gasteiger partial charge in [0.1, 0.15) is 23.7 Å². The third-order valence-corrected chi connectivity index (χ3v) is 6.45. The standard InChI is InChI=1S/C28H27ClFNO4/c1-28(16-20-9-11-23(29)24(30)14-20)17-22-15-21(10-12-25(22)35-28)27(34)31(18-26(32)33)13-5-8-19-6-3-2-4-7-19/h2-4,6-7,9-12,14-15H,5,8,13,16-18H2,1H3,(H,32,33). The SMILES string of the molecule is CC1(Cc2ccc(Cl)c(F)c2)Cc2cc(C(=O)N(CCCc3ccccc3)CC(=O)O)ccc2O1. The van der Waals surface area contributed by atoms with Crippen molar-refractivity contribution >= 4 is 23.5 Å². The highest BCUT2D eigenvalue weighted by Gasteiger charge is 2.36. The number of amides is 1. The van der Waals surface area contributed by atoms with Crippen LogP contribution in [0.1, 0.15) is 40.4 Å². The third kappa shape index (κ3) is 6.20. The van der Waals surface area contributed by atoms with Crippen molar-refractivity contribution in [3.05, 3.63) is 99.8 Å². The zero-order valence-electron chi connectivity index (χ0n) is 19.5. The molecule has 0 spiro atoms. The van der Waals surface area contributed by atoms with Crippen LogP contribution >= 0.6 is 11.6 Å². The first-order valence-electron chi connectivity index (χ1n) is 11.5. The molecule has 0 fully saturated rings. The minimum absolute atomic E-state index is 0.0763. The zero-order chi connectivity index (χ0) is 25.0.